The summed E-state index contributed by atoms with van der Waals surface area (Å²) in [5.74, 6) is 0.409. The lowest BCUT2D eigenvalue weighted by atomic mass is 10.1. The van der Waals surface area contributed by atoms with Crippen LogP contribution in [-0.2, 0) is 11.2 Å². The van der Waals surface area contributed by atoms with E-state index >= 15 is 0 Å². The zero-order valence-corrected chi connectivity index (χ0v) is 21.6. The zero-order valence-electron chi connectivity index (χ0n) is 21.6. The number of carbonyl (C=O) groups is 2. The molecule has 3 aromatic carbocycles. The number of esters is 1. The highest BCUT2D eigenvalue weighted by atomic mass is 16.5. The number of benzene rings is 3. The van der Waals surface area contributed by atoms with Crippen molar-refractivity contribution in [3.8, 4) is 5.75 Å². The van der Waals surface area contributed by atoms with E-state index in [0.717, 1.165) is 49.7 Å². The van der Waals surface area contributed by atoms with Crippen molar-refractivity contribution in [2.24, 2.45) is 0 Å². The van der Waals surface area contributed by atoms with Crippen LogP contribution in [0.25, 0.3) is 0 Å². The van der Waals surface area contributed by atoms with E-state index in [0.29, 0.717) is 16.9 Å². The Bertz CT molecular complexity index is 1220. The number of urea groups is 1. The summed E-state index contributed by atoms with van der Waals surface area (Å²) in [4.78, 5) is 29.8. The number of anilines is 4. The molecule has 0 saturated carbocycles. The molecule has 1 aliphatic rings. The fraction of sp³-hybridized carbons (Fsp3) is 0.310. The molecule has 0 bridgehead atoms. The predicted molar refractivity (Wildman–Crippen MR) is 148 cm³/mol. The van der Waals surface area contributed by atoms with Gasteiger partial charge in [0.2, 0.25) is 0 Å². The Hall–Kier alpha value is -4.20. The van der Waals surface area contributed by atoms with E-state index in [4.69, 9.17) is 9.47 Å². The normalized spacial score (nSPS) is 13.2. The second-order valence-electron chi connectivity index (χ2n) is 8.76. The van der Waals surface area contributed by atoms with Crippen molar-refractivity contribution < 1.29 is 19.1 Å². The van der Waals surface area contributed by atoms with Crippen LogP contribution in [0.1, 0.15) is 29.8 Å². The van der Waals surface area contributed by atoms with Gasteiger partial charge < -0.3 is 29.9 Å². The van der Waals surface area contributed by atoms with Gasteiger partial charge in [-0.25, -0.2) is 9.59 Å². The van der Waals surface area contributed by atoms with Crippen molar-refractivity contribution in [3.63, 3.8) is 0 Å². The van der Waals surface area contributed by atoms with Gasteiger partial charge in [-0.1, -0.05) is 25.1 Å². The SMILES string of the molecule is CCOC(=O)c1ccc(N2CCN(c3cccc(OC)c3)CC2)c(NC(=O)Nc2ccc(CC)cc2)c1. The summed E-state index contributed by atoms with van der Waals surface area (Å²) < 4.78 is 10.5. The number of nitrogens with one attached hydrogen (secondary N) is 2. The molecule has 0 unspecified atom stereocenters. The average Bonchev–Trinajstić information content (AvgIpc) is 2.93. The number of hydrogen-bond donors (Lipinski definition) is 2. The van der Waals surface area contributed by atoms with E-state index in [2.05, 4.69) is 33.4 Å². The number of rotatable bonds is 8. The summed E-state index contributed by atoms with van der Waals surface area (Å²) in [5.41, 5.74) is 4.82. The molecule has 194 valence electrons. The molecule has 0 radical (unpaired) electrons. The molecule has 1 saturated heterocycles. The number of ether oxygens (including phenoxy) is 2. The number of aryl methyl sites for hydroxylation is 1. The molecule has 0 aliphatic carbocycles. The zero-order chi connectivity index (χ0) is 26.2. The third kappa shape index (κ3) is 6.52. The molecule has 8 nitrogen and oxygen atoms in total. The second kappa shape index (κ2) is 12.2. The first-order valence-corrected chi connectivity index (χ1v) is 12.6. The van der Waals surface area contributed by atoms with E-state index < -0.39 is 5.97 Å². The van der Waals surface area contributed by atoms with Crippen LogP contribution in [0.15, 0.2) is 66.7 Å². The Labute approximate surface area is 218 Å². The van der Waals surface area contributed by atoms with Gasteiger partial charge in [-0.15, -0.1) is 0 Å². The number of carbonyl (C=O) groups excluding carboxylic acids is 2. The van der Waals surface area contributed by atoms with Crippen molar-refractivity contribution in [3.05, 3.63) is 77.9 Å². The molecule has 0 aromatic heterocycles. The van der Waals surface area contributed by atoms with Gasteiger partial charge in [0.1, 0.15) is 5.75 Å². The molecular weight excluding hydrogens is 468 g/mol. The first-order valence-electron chi connectivity index (χ1n) is 12.6. The maximum atomic E-state index is 12.9. The first kappa shape index (κ1) is 25.9. The molecule has 3 aromatic rings. The van der Waals surface area contributed by atoms with E-state index in [1.54, 1.807) is 26.2 Å². The molecule has 37 heavy (non-hydrogen) atoms. The van der Waals surface area contributed by atoms with Crippen LogP contribution >= 0.6 is 0 Å². The van der Waals surface area contributed by atoms with Crippen molar-refractivity contribution >= 4 is 34.7 Å². The maximum Gasteiger partial charge on any atom is 0.338 e. The standard InChI is InChI=1S/C29H34N4O4/c1-4-21-9-12-23(13-10-21)30-29(35)31-26-19-22(28(34)37-5-2)11-14-27(26)33-17-15-32(16-18-33)24-7-6-8-25(20-24)36-3/h6-14,19-20H,4-5,15-18H2,1-3H3,(H2,30,31,35). The smallest absolute Gasteiger partial charge is 0.338 e. The highest BCUT2D eigenvalue weighted by molar-refractivity contribution is 6.03. The summed E-state index contributed by atoms with van der Waals surface area (Å²) in [6, 6.07) is 20.7. The summed E-state index contributed by atoms with van der Waals surface area (Å²) in [5, 5.41) is 5.83. The second-order valence-corrected chi connectivity index (χ2v) is 8.76. The van der Waals surface area contributed by atoms with Crippen LogP contribution in [0, 0.1) is 0 Å². The quantitative estimate of drug-likeness (QED) is 0.401. The van der Waals surface area contributed by atoms with Crippen LogP contribution in [0.3, 0.4) is 0 Å². The summed E-state index contributed by atoms with van der Waals surface area (Å²) in [6.45, 7) is 7.26. The minimum absolute atomic E-state index is 0.282. The Kier molecular flexibility index (Phi) is 8.51. The Balaban J connectivity index is 1.51. The maximum absolute atomic E-state index is 12.9. The monoisotopic (exact) mass is 502 g/mol. The fourth-order valence-corrected chi connectivity index (χ4v) is 4.37. The van der Waals surface area contributed by atoms with Crippen molar-refractivity contribution in [1.82, 2.24) is 0 Å². The summed E-state index contributed by atoms with van der Waals surface area (Å²) >= 11 is 0. The topological polar surface area (TPSA) is 83.1 Å². The summed E-state index contributed by atoms with van der Waals surface area (Å²) in [6.07, 6.45) is 0.932. The highest BCUT2D eigenvalue weighted by Crippen LogP contribution is 2.30. The number of amides is 2. The van der Waals surface area contributed by atoms with Gasteiger partial charge in [0, 0.05) is 43.6 Å². The fourth-order valence-electron chi connectivity index (χ4n) is 4.37. The molecule has 4 rings (SSSR count). The van der Waals surface area contributed by atoms with Gasteiger partial charge in [-0.05, 0) is 61.4 Å². The lowest BCUT2D eigenvalue weighted by molar-refractivity contribution is 0.0526. The molecule has 1 heterocycles. The molecule has 2 N–H and O–H groups in total. The van der Waals surface area contributed by atoms with Gasteiger partial charge in [-0.3, -0.25) is 0 Å². The van der Waals surface area contributed by atoms with E-state index in [9.17, 15) is 9.59 Å². The van der Waals surface area contributed by atoms with Gasteiger partial charge in [0.05, 0.1) is 30.7 Å². The van der Waals surface area contributed by atoms with Gasteiger partial charge in [0.15, 0.2) is 0 Å². The van der Waals surface area contributed by atoms with Crippen LogP contribution in [0.2, 0.25) is 0 Å². The van der Waals surface area contributed by atoms with Crippen LogP contribution in [0.5, 0.6) is 5.75 Å². The van der Waals surface area contributed by atoms with Crippen molar-refractivity contribution in [1.29, 1.82) is 0 Å². The molecular formula is C29H34N4O4. The van der Waals surface area contributed by atoms with E-state index in [-0.39, 0.29) is 12.6 Å². The van der Waals surface area contributed by atoms with E-state index in [1.165, 1.54) is 5.56 Å². The first-order chi connectivity index (χ1) is 18.0. The summed E-state index contributed by atoms with van der Waals surface area (Å²) in [7, 11) is 1.67. The third-order valence-electron chi connectivity index (χ3n) is 6.41. The van der Waals surface area contributed by atoms with Crippen molar-refractivity contribution in [2.45, 2.75) is 20.3 Å². The van der Waals surface area contributed by atoms with Crippen molar-refractivity contribution in [2.75, 3.05) is 60.3 Å². The number of methoxy groups -OCH3 is 1. The molecule has 0 atom stereocenters. The number of hydrogen-bond acceptors (Lipinski definition) is 6. The minimum Gasteiger partial charge on any atom is -0.497 e. The predicted octanol–water partition coefficient (Wildman–Crippen LogP) is 5.40. The third-order valence-corrected chi connectivity index (χ3v) is 6.41. The lowest BCUT2D eigenvalue weighted by Gasteiger charge is -2.38. The van der Waals surface area contributed by atoms with E-state index in [1.807, 2.05) is 48.5 Å². The average molecular weight is 503 g/mol. The molecule has 2 amide bonds. The molecule has 0 spiro atoms. The molecule has 1 fully saturated rings. The Morgan fingerprint density at radius 2 is 1.59 bits per heavy atom. The van der Waals surface area contributed by atoms with Gasteiger partial charge in [-0.2, -0.15) is 0 Å². The highest BCUT2D eigenvalue weighted by Gasteiger charge is 2.22. The largest absolute Gasteiger partial charge is 0.497 e. The van der Waals surface area contributed by atoms with Crippen LogP contribution in [0.4, 0.5) is 27.5 Å². The van der Waals surface area contributed by atoms with Crippen LogP contribution in [-0.4, -0.2) is 51.9 Å². The molecule has 1 aliphatic heterocycles. The Morgan fingerprint density at radius 1 is 0.865 bits per heavy atom. The van der Waals surface area contributed by atoms with Gasteiger partial charge >= 0.3 is 12.0 Å². The number of piperazine rings is 1. The van der Waals surface area contributed by atoms with Crippen LogP contribution < -0.4 is 25.2 Å². The lowest BCUT2D eigenvalue weighted by Crippen LogP contribution is -2.46. The number of nitrogens with zero attached hydrogens (tertiary/aromatic N) is 2. The van der Waals surface area contributed by atoms with Gasteiger partial charge in [0.25, 0.3) is 0 Å². The Morgan fingerprint density at radius 3 is 2.27 bits per heavy atom. The molecule has 8 heteroatoms. The minimum atomic E-state index is -0.421.